The van der Waals surface area contributed by atoms with Gasteiger partial charge >= 0.3 is 0 Å². The summed E-state index contributed by atoms with van der Waals surface area (Å²) in [6.45, 7) is 4.27. The van der Waals surface area contributed by atoms with Gasteiger partial charge in [0.05, 0.1) is 6.07 Å². The van der Waals surface area contributed by atoms with Crippen molar-refractivity contribution in [2.75, 3.05) is 0 Å². The second-order valence-corrected chi connectivity index (χ2v) is 2.73. The summed E-state index contributed by atoms with van der Waals surface area (Å²) >= 11 is 0. The summed E-state index contributed by atoms with van der Waals surface area (Å²) in [7, 11) is 0. The van der Waals surface area contributed by atoms with Crippen molar-refractivity contribution < 1.29 is 0 Å². The molecule has 0 saturated carbocycles. The van der Waals surface area contributed by atoms with E-state index in [2.05, 4.69) is 26.0 Å². The third-order valence-corrected chi connectivity index (χ3v) is 1.61. The van der Waals surface area contributed by atoms with Crippen molar-refractivity contribution in [3.63, 3.8) is 0 Å². The first-order chi connectivity index (χ1) is 5.35. The molecule has 0 saturated heterocycles. The fraction of sp³-hybridized carbons (Fsp3) is 0.700. The molecule has 0 aliphatic carbocycles. The molecule has 0 rings (SSSR count). The summed E-state index contributed by atoms with van der Waals surface area (Å²) in [5.74, 6) is 0. The lowest BCUT2D eigenvalue weighted by Gasteiger charge is -1.93. The van der Waals surface area contributed by atoms with E-state index < -0.39 is 0 Å². The normalized spacial score (nSPS) is 11.2. The van der Waals surface area contributed by atoms with Gasteiger partial charge in [0.2, 0.25) is 0 Å². The van der Waals surface area contributed by atoms with Gasteiger partial charge < -0.3 is 0 Å². The summed E-state index contributed by atoms with van der Waals surface area (Å²) < 4.78 is 0. The van der Waals surface area contributed by atoms with Crippen LogP contribution in [0.15, 0.2) is 11.6 Å². The maximum absolute atomic E-state index is 8.64. The van der Waals surface area contributed by atoms with Gasteiger partial charge in [-0.3, -0.25) is 0 Å². The predicted octanol–water partition coefficient (Wildman–Crippen LogP) is 3.43. The van der Waals surface area contributed by atoms with Gasteiger partial charge in [0.15, 0.2) is 0 Å². The summed E-state index contributed by atoms with van der Waals surface area (Å²) in [6, 6.07) is 2.22. The van der Waals surface area contributed by atoms with Crippen LogP contribution in [0, 0.1) is 11.3 Å². The largest absolute Gasteiger partial charge is 0.193 e. The van der Waals surface area contributed by atoms with Crippen LogP contribution in [0.3, 0.4) is 0 Å². The Balaban J connectivity index is 3.64. The number of nitriles is 1. The Morgan fingerprint density at radius 3 is 2.55 bits per heavy atom. The Bertz CT molecular complexity index is 151. The standard InChI is InChI=1S/C10H17N/c1-3-5-6-8-10(9-11)7-4-2/h8H,3-7H2,1-2H3. The molecule has 0 fully saturated rings. The van der Waals surface area contributed by atoms with Crippen molar-refractivity contribution >= 4 is 0 Å². The van der Waals surface area contributed by atoms with Crippen LogP contribution in [0.4, 0.5) is 0 Å². The zero-order valence-corrected chi connectivity index (χ0v) is 7.56. The van der Waals surface area contributed by atoms with Gasteiger partial charge in [0, 0.05) is 5.57 Å². The smallest absolute Gasteiger partial charge is 0.0943 e. The monoisotopic (exact) mass is 151 g/mol. The average Bonchev–Trinajstić information content (AvgIpc) is 2.03. The second-order valence-electron chi connectivity index (χ2n) is 2.73. The van der Waals surface area contributed by atoms with Crippen LogP contribution >= 0.6 is 0 Å². The van der Waals surface area contributed by atoms with Crippen LogP contribution in [0.25, 0.3) is 0 Å². The number of hydrogen-bond acceptors (Lipinski definition) is 1. The Kier molecular flexibility index (Phi) is 6.82. The number of unbranched alkanes of at least 4 members (excludes halogenated alkanes) is 2. The van der Waals surface area contributed by atoms with E-state index in [1.807, 2.05) is 0 Å². The van der Waals surface area contributed by atoms with Gasteiger partial charge in [-0.05, 0) is 12.8 Å². The minimum atomic E-state index is 0.945. The van der Waals surface area contributed by atoms with Crippen molar-refractivity contribution in [1.29, 1.82) is 5.26 Å². The summed E-state index contributed by atoms with van der Waals surface area (Å²) in [5.41, 5.74) is 0.959. The highest BCUT2D eigenvalue weighted by atomic mass is 14.2. The first-order valence-corrected chi connectivity index (χ1v) is 4.44. The van der Waals surface area contributed by atoms with Gasteiger partial charge in [0.25, 0.3) is 0 Å². The summed E-state index contributed by atoms with van der Waals surface area (Å²) in [6.07, 6.45) is 7.58. The number of hydrogen-bond donors (Lipinski definition) is 0. The first-order valence-electron chi connectivity index (χ1n) is 4.44. The van der Waals surface area contributed by atoms with Crippen molar-refractivity contribution in [3.05, 3.63) is 11.6 Å². The Hall–Kier alpha value is -0.770. The minimum Gasteiger partial charge on any atom is -0.193 e. The fourth-order valence-electron chi connectivity index (χ4n) is 0.953. The van der Waals surface area contributed by atoms with Gasteiger partial charge in [-0.15, -0.1) is 0 Å². The van der Waals surface area contributed by atoms with Gasteiger partial charge in [-0.1, -0.05) is 39.2 Å². The maximum atomic E-state index is 8.64. The molecule has 0 N–H and O–H groups in total. The van der Waals surface area contributed by atoms with Crippen molar-refractivity contribution in [2.24, 2.45) is 0 Å². The van der Waals surface area contributed by atoms with Crippen molar-refractivity contribution in [1.82, 2.24) is 0 Å². The summed E-state index contributed by atoms with van der Waals surface area (Å²) in [4.78, 5) is 0. The highest BCUT2D eigenvalue weighted by Gasteiger charge is 1.91. The topological polar surface area (TPSA) is 23.8 Å². The summed E-state index contributed by atoms with van der Waals surface area (Å²) in [5, 5.41) is 8.64. The quantitative estimate of drug-likeness (QED) is 0.436. The molecule has 0 aliphatic rings. The number of rotatable bonds is 5. The molecule has 0 aromatic heterocycles. The van der Waals surface area contributed by atoms with E-state index in [0.29, 0.717) is 0 Å². The Morgan fingerprint density at radius 2 is 2.09 bits per heavy atom. The molecule has 0 heterocycles. The lowest BCUT2D eigenvalue weighted by molar-refractivity contribution is 0.805. The lowest BCUT2D eigenvalue weighted by Crippen LogP contribution is -1.78. The zero-order chi connectivity index (χ0) is 8.53. The third-order valence-electron chi connectivity index (χ3n) is 1.61. The van der Waals surface area contributed by atoms with E-state index in [1.165, 1.54) is 12.8 Å². The molecule has 0 aromatic rings. The predicted molar refractivity (Wildman–Crippen MR) is 48.1 cm³/mol. The SMILES string of the molecule is CCCCC=C(C#N)CCC. The van der Waals surface area contributed by atoms with E-state index in [1.54, 1.807) is 0 Å². The van der Waals surface area contributed by atoms with Gasteiger partial charge in [-0.25, -0.2) is 0 Å². The van der Waals surface area contributed by atoms with Crippen LogP contribution in [-0.2, 0) is 0 Å². The Morgan fingerprint density at radius 1 is 1.36 bits per heavy atom. The van der Waals surface area contributed by atoms with Gasteiger partial charge in [-0.2, -0.15) is 5.26 Å². The maximum Gasteiger partial charge on any atom is 0.0943 e. The average molecular weight is 151 g/mol. The van der Waals surface area contributed by atoms with Crippen LogP contribution in [0.2, 0.25) is 0 Å². The molecule has 11 heavy (non-hydrogen) atoms. The van der Waals surface area contributed by atoms with E-state index >= 15 is 0 Å². The molecule has 0 spiro atoms. The minimum absolute atomic E-state index is 0.945. The molecule has 0 bridgehead atoms. The molecular formula is C10H17N. The highest BCUT2D eigenvalue weighted by Crippen LogP contribution is 2.06. The van der Waals surface area contributed by atoms with Crippen molar-refractivity contribution in [3.8, 4) is 6.07 Å². The van der Waals surface area contributed by atoms with E-state index in [-0.39, 0.29) is 0 Å². The molecule has 0 aromatic carbocycles. The number of nitrogens with zero attached hydrogens (tertiary/aromatic N) is 1. The number of allylic oxidation sites excluding steroid dienone is 2. The van der Waals surface area contributed by atoms with Crippen LogP contribution in [-0.4, -0.2) is 0 Å². The van der Waals surface area contributed by atoms with Crippen LogP contribution in [0.1, 0.15) is 46.0 Å². The molecule has 1 heteroatoms. The zero-order valence-electron chi connectivity index (χ0n) is 7.56. The molecule has 0 aliphatic heterocycles. The fourth-order valence-corrected chi connectivity index (χ4v) is 0.953. The Labute approximate surface area is 69.7 Å². The lowest BCUT2D eigenvalue weighted by atomic mass is 10.1. The molecule has 1 nitrogen and oxygen atoms in total. The molecule has 0 atom stereocenters. The molecule has 62 valence electrons. The first kappa shape index (κ1) is 10.2. The van der Waals surface area contributed by atoms with Gasteiger partial charge in [0.1, 0.15) is 0 Å². The third kappa shape index (κ3) is 5.66. The molecule has 0 unspecified atom stereocenters. The molecule has 0 radical (unpaired) electrons. The van der Waals surface area contributed by atoms with E-state index in [9.17, 15) is 0 Å². The van der Waals surface area contributed by atoms with Crippen LogP contribution < -0.4 is 0 Å². The van der Waals surface area contributed by atoms with E-state index in [0.717, 1.165) is 24.8 Å². The highest BCUT2D eigenvalue weighted by molar-refractivity contribution is 5.19. The molecular weight excluding hydrogens is 134 g/mol. The van der Waals surface area contributed by atoms with Crippen molar-refractivity contribution in [2.45, 2.75) is 46.0 Å². The van der Waals surface area contributed by atoms with E-state index in [4.69, 9.17) is 5.26 Å². The van der Waals surface area contributed by atoms with Crippen LogP contribution in [0.5, 0.6) is 0 Å². The molecule has 0 amide bonds. The second kappa shape index (κ2) is 7.34.